The molecule has 1 aromatic carbocycles. The number of aryl methyl sites for hydroxylation is 2. The first kappa shape index (κ1) is 18.2. The topological polar surface area (TPSA) is 63.9 Å². The predicted molar refractivity (Wildman–Crippen MR) is 106 cm³/mol. The Labute approximate surface area is 164 Å². The molecule has 2 aliphatic rings. The summed E-state index contributed by atoms with van der Waals surface area (Å²) in [5.41, 5.74) is 4.48. The molecule has 0 aliphatic heterocycles. The third-order valence-corrected chi connectivity index (χ3v) is 5.88. The highest BCUT2D eigenvalue weighted by Gasteiger charge is 2.35. The fraction of sp³-hybridized carbons (Fsp3) is 0.500. The monoisotopic (exact) mass is 383 g/mol. The van der Waals surface area contributed by atoms with E-state index in [0.29, 0.717) is 17.0 Å². The standard InChI is InChI=1S/C20H25N5OS/c1-14-10-15(2)12-18(11-14)25-20(21-22-23-25)27-13-19(26)24(17-8-9-17)16-6-4-3-5-7-16/h6,10-12,17H,3-5,7-9,13H2,1-2H3. The second-order valence-electron chi connectivity index (χ2n) is 7.44. The number of tetrazole rings is 1. The van der Waals surface area contributed by atoms with Crippen molar-refractivity contribution in [2.75, 3.05) is 5.75 Å². The van der Waals surface area contributed by atoms with E-state index >= 15 is 0 Å². The highest BCUT2D eigenvalue weighted by Crippen LogP contribution is 2.34. The molecule has 1 fully saturated rings. The van der Waals surface area contributed by atoms with Crippen LogP contribution in [0.3, 0.4) is 0 Å². The van der Waals surface area contributed by atoms with Gasteiger partial charge >= 0.3 is 0 Å². The van der Waals surface area contributed by atoms with E-state index in [9.17, 15) is 4.79 Å². The van der Waals surface area contributed by atoms with Crippen LogP contribution in [-0.4, -0.2) is 42.8 Å². The van der Waals surface area contributed by atoms with Gasteiger partial charge in [-0.3, -0.25) is 4.79 Å². The fourth-order valence-corrected chi connectivity index (χ4v) is 4.42. The summed E-state index contributed by atoms with van der Waals surface area (Å²) in [5.74, 6) is 0.532. The van der Waals surface area contributed by atoms with Crippen LogP contribution in [0.1, 0.15) is 49.7 Å². The van der Waals surface area contributed by atoms with Gasteiger partial charge in [-0.05, 0) is 86.1 Å². The SMILES string of the molecule is Cc1cc(C)cc(-n2nnnc2SCC(=O)N(C2=CCCCC2)C2CC2)c1. The highest BCUT2D eigenvalue weighted by atomic mass is 32.2. The fourth-order valence-electron chi connectivity index (χ4n) is 3.67. The Morgan fingerprint density at radius 2 is 2.00 bits per heavy atom. The van der Waals surface area contributed by atoms with Gasteiger partial charge in [0.2, 0.25) is 11.1 Å². The maximum absolute atomic E-state index is 13.0. The molecular formula is C20H25N5OS. The first-order valence-corrected chi connectivity index (χ1v) is 10.6. The number of rotatable bonds is 6. The summed E-state index contributed by atoms with van der Waals surface area (Å²) in [4.78, 5) is 15.0. The van der Waals surface area contributed by atoms with Crippen LogP contribution in [-0.2, 0) is 4.79 Å². The molecule has 0 saturated heterocycles. The highest BCUT2D eigenvalue weighted by molar-refractivity contribution is 7.99. The van der Waals surface area contributed by atoms with E-state index < -0.39 is 0 Å². The van der Waals surface area contributed by atoms with Crippen molar-refractivity contribution >= 4 is 17.7 Å². The zero-order valence-corrected chi connectivity index (χ0v) is 16.7. The zero-order chi connectivity index (χ0) is 18.8. The van der Waals surface area contributed by atoms with E-state index in [1.165, 1.54) is 30.3 Å². The largest absolute Gasteiger partial charge is 0.313 e. The second-order valence-corrected chi connectivity index (χ2v) is 8.39. The van der Waals surface area contributed by atoms with E-state index in [0.717, 1.165) is 42.5 Å². The van der Waals surface area contributed by atoms with E-state index in [2.05, 4.69) is 58.5 Å². The molecule has 2 aromatic rings. The molecule has 27 heavy (non-hydrogen) atoms. The first-order chi connectivity index (χ1) is 13.1. The van der Waals surface area contributed by atoms with Gasteiger partial charge in [-0.25, -0.2) is 0 Å². The van der Waals surface area contributed by atoms with Crippen LogP contribution in [0, 0.1) is 13.8 Å². The molecule has 142 valence electrons. The van der Waals surface area contributed by atoms with Crippen molar-refractivity contribution in [3.63, 3.8) is 0 Å². The van der Waals surface area contributed by atoms with E-state index in [1.807, 2.05) is 0 Å². The summed E-state index contributed by atoms with van der Waals surface area (Å²) in [6, 6.07) is 6.63. The van der Waals surface area contributed by atoms with Crippen LogP contribution in [0.5, 0.6) is 0 Å². The Kier molecular flexibility index (Phi) is 5.29. The lowest BCUT2D eigenvalue weighted by molar-refractivity contribution is -0.127. The van der Waals surface area contributed by atoms with Crippen molar-refractivity contribution in [1.29, 1.82) is 0 Å². The smallest absolute Gasteiger partial charge is 0.237 e. The zero-order valence-electron chi connectivity index (χ0n) is 15.9. The maximum Gasteiger partial charge on any atom is 0.237 e. The number of hydrogen-bond donors (Lipinski definition) is 0. The molecule has 0 N–H and O–H groups in total. The molecule has 0 spiro atoms. The number of benzene rings is 1. The number of hydrogen-bond acceptors (Lipinski definition) is 5. The van der Waals surface area contributed by atoms with E-state index in [4.69, 9.17) is 0 Å². The second kappa shape index (κ2) is 7.84. The lowest BCUT2D eigenvalue weighted by Crippen LogP contribution is -2.34. The summed E-state index contributed by atoms with van der Waals surface area (Å²) in [7, 11) is 0. The molecule has 1 saturated carbocycles. The molecule has 7 heteroatoms. The molecule has 1 aromatic heterocycles. The van der Waals surface area contributed by atoms with E-state index in [-0.39, 0.29) is 5.91 Å². The van der Waals surface area contributed by atoms with Crippen LogP contribution in [0.4, 0.5) is 0 Å². The molecule has 1 heterocycles. The van der Waals surface area contributed by atoms with Crippen LogP contribution < -0.4 is 0 Å². The predicted octanol–water partition coefficient (Wildman–Crippen LogP) is 3.82. The minimum absolute atomic E-state index is 0.172. The van der Waals surface area contributed by atoms with Crippen molar-refractivity contribution in [1.82, 2.24) is 25.1 Å². The average Bonchev–Trinajstić information content (AvgIpc) is 3.36. The number of carbonyl (C=O) groups excluding carboxylic acids is 1. The number of thioether (sulfide) groups is 1. The quantitative estimate of drug-likeness (QED) is 0.710. The Bertz CT molecular complexity index is 851. The molecule has 0 unspecified atom stereocenters. The molecule has 4 rings (SSSR count). The van der Waals surface area contributed by atoms with Gasteiger partial charge in [0.15, 0.2) is 0 Å². The summed E-state index contributed by atoms with van der Waals surface area (Å²) >= 11 is 1.41. The van der Waals surface area contributed by atoms with Crippen molar-refractivity contribution in [3.05, 3.63) is 41.1 Å². The van der Waals surface area contributed by atoms with Gasteiger partial charge in [0.25, 0.3) is 0 Å². The molecule has 6 nitrogen and oxygen atoms in total. The van der Waals surface area contributed by atoms with Gasteiger partial charge in [-0.15, -0.1) is 5.10 Å². The van der Waals surface area contributed by atoms with Gasteiger partial charge in [0, 0.05) is 11.7 Å². The number of allylic oxidation sites excluding steroid dienone is 2. The van der Waals surface area contributed by atoms with Gasteiger partial charge in [-0.1, -0.05) is 23.9 Å². The van der Waals surface area contributed by atoms with Crippen molar-refractivity contribution in [2.24, 2.45) is 0 Å². The van der Waals surface area contributed by atoms with Crippen molar-refractivity contribution in [2.45, 2.75) is 63.6 Å². The van der Waals surface area contributed by atoms with E-state index in [1.54, 1.807) is 4.68 Å². The number of nitrogens with zero attached hydrogens (tertiary/aromatic N) is 5. The Morgan fingerprint density at radius 3 is 2.67 bits per heavy atom. The number of carbonyl (C=O) groups is 1. The summed E-state index contributed by atoms with van der Waals surface area (Å²) in [5, 5.41) is 12.7. The van der Waals surface area contributed by atoms with Crippen LogP contribution in [0.2, 0.25) is 0 Å². The minimum atomic E-state index is 0.172. The summed E-state index contributed by atoms with van der Waals surface area (Å²) in [6.07, 6.45) is 9.01. The molecule has 1 amide bonds. The molecule has 0 atom stereocenters. The molecule has 2 aliphatic carbocycles. The van der Waals surface area contributed by atoms with Crippen LogP contribution in [0.25, 0.3) is 5.69 Å². The summed E-state index contributed by atoms with van der Waals surface area (Å²) in [6.45, 7) is 4.12. The normalized spacial score (nSPS) is 16.9. The van der Waals surface area contributed by atoms with Crippen LogP contribution in [0.15, 0.2) is 35.1 Å². The van der Waals surface area contributed by atoms with Crippen molar-refractivity contribution in [3.8, 4) is 5.69 Å². The van der Waals surface area contributed by atoms with Crippen LogP contribution >= 0.6 is 11.8 Å². The van der Waals surface area contributed by atoms with Gasteiger partial charge in [0.1, 0.15) is 0 Å². The number of amides is 1. The van der Waals surface area contributed by atoms with Gasteiger partial charge in [-0.2, -0.15) is 4.68 Å². The van der Waals surface area contributed by atoms with Crippen molar-refractivity contribution < 1.29 is 4.79 Å². The van der Waals surface area contributed by atoms with Gasteiger partial charge in [0.05, 0.1) is 11.4 Å². The Balaban J connectivity index is 1.48. The third kappa shape index (κ3) is 4.24. The maximum atomic E-state index is 13.0. The Hall–Kier alpha value is -2.15. The lowest BCUT2D eigenvalue weighted by atomic mass is 10.0. The molecular weight excluding hydrogens is 358 g/mol. The molecule has 0 radical (unpaired) electrons. The van der Waals surface area contributed by atoms with Gasteiger partial charge < -0.3 is 4.90 Å². The minimum Gasteiger partial charge on any atom is -0.313 e. The molecule has 0 bridgehead atoms. The average molecular weight is 384 g/mol. The first-order valence-electron chi connectivity index (χ1n) is 9.63. The Morgan fingerprint density at radius 1 is 1.22 bits per heavy atom. The third-order valence-electron chi connectivity index (χ3n) is 4.97. The number of aromatic nitrogens is 4. The summed E-state index contributed by atoms with van der Waals surface area (Å²) < 4.78 is 1.72. The lowest BCUT2D eigenvalue weighted by Gasteiger charge is -2.27.